The Bertz CT molecular complexity index is 1020. The van der Waals surface area contributed by atoms with Crippen LogP contribution in [0, 0.1) is 5.82 Å². The van der Waals surface area contributed by atoms with Gasteiger partial charge in [-0.1, -0.05) is 54.6 Å². The normalized spacial score (nSPS) is 11.7. The summed E-state index contributed by atoms with van der Waals surface area (Å²) in [5.41, 5.74) is 3.15. The van der Waals surface area contributed by atoms with Gasteiger partial charge in [-0.25, -0.2) is 9.18 Å². The van der Waals surface area contributed by atoms with Crippen molar-refractivity contribution in [2.45, 2.75) is 12.6 Å². The zero-order valence-corrected chi connectivity index (χ0v) is 17.5. The molecule has 0 heterocycles. The number of benzene rings is 3. The molecule has 0 aliphatic carbocycles. The number of methoxy groups -OCH3 is 1. The van der Waals surface area contributed by atoms with Crippen LogP contribution in [0.5, 0.6) is 0 Å². The molecule has 1 unspecified atom stereocenters. The highest BCUT2D eigenvalue weighted by molar-refractivity contribution is 5.89. The molecule has 0 aliphatic rings. The van der Waals surface area contributed by atoms with E-state index in [9.17, 15) is 14.0 Å². The van der Waals surface area contributed by atoms with Crippen LogP contribution in [0.4, 0.5) is 4.39 Å². The number of halogens is 1. The minimum absolute atomic E-state index is 0.146. The Morgan fingerprint density at radius 1 is 0.968 bits per heavy atom. The van der Waals surface area contributed by atoms with Gasteiger partial charge in [0.1, 0.15) is 5.82 Å². The second-order valence-corrected chi connectivity index (χ2v) is 7.25. The minimum atomic E-state index is -0.419. The van der Waals surface area contributed by atoms with Crippen molar-refractivity contribution < 1.29 is 18.7 Å². The first kappa shape index (κ1) is 22.2. The van der Waals surface area contributed by atoms with Crippen molar-refractivity contribution in [3.8, 4) is 0 Å². The number of hydrogen-bond acceptors (Lipinski definition) is 4. The number of rotatable bonds is 8. The van der Waals surface area contributed by atoms with Crippen LogP contribution in [0.2, 0.25) is 0 Å². The summed E-state index contributed by atoms with van der Waals surface area (Å²) in [5.74, 6) is -0.878. The van der Waals surface area contributed by atoms with Crippen LogP contribution in [-0.4, -0.2) is 37.5 Å². The third kappa shape index (κ3) is 5.99. The summed E-state index contributed by atoms with van der Waals surface area (Å²) in [6, 6.07) is 22.8. The number of hydrogen-bond donors (Lipinski definition) is 1. The number of likely N-dealkylation sites (N-methyl/N-ethyl adjacent to an activating group) is 1. The topological polar surface area (TPSA) is 58.6 Å². The molecule has 3 rings (SSSR count). The van der Waals surface area contributed by atoms with Crippen LogP contribution in [0.25, 0.3) is 0 Å². The number of nitrogens with zero attached hydrogens (tertiary/aromatic N) is 1. The van der Waals surface area contributed by atoms with Gasteiger partial charge in [0.15, 0.2) is 0 Å². The number of ether oxygens (including phenoxy) is 1. The van der Waals surface area contributed by atoms with Crippen LogP contribution in [0.1, 0.15) is 33.1 Å². The van der Waals surface area contributed by atoms with Gasteiger partial charge in [-0.3, -0.25) is 9.69 Å². The molecule has 0 bridgehead atoms. The van der Waals surface area contributed by atoms with Crippen molar-refractivity contribution in [2.24, 2.45) is 0 Å². The average Bonchev–Trinajstić information content (AvgIpc) is 2.79. The van der Waals surface area contributed by atoms with Gasteiger partial charge in [0, 0.05) is 6.54 Å². The van der Waals surface area contributed by atoms with Gasteiger partial charge in [0.25, 0.3) is 0 Å². The Labute approximate surface area is 181 Å². The maximum absolute atomic E-state index is 13.4. The number of carbonyl (C=O) groups is 2. The van der Waals surface area contributed by atoms with Gasteiger partial charge in [0.05, 0.1) is 25.3 Å². The third-order valence-corrected chi connectivity index (χ3v) is 4.97. The maximum atomic E-state index is 13.4. The van der Waals surface area contributed by atoms with Crippen molar-refractivity contribution in [3.05, 3.63) is 107 Å². The SMILES string of the molecule is COC(=O)c1cccc(CNC(=O)CN(C)C(c2ccccc2)c2ccc(F)cc2)c1. The summed E-state index contributed by atoms with van der Waals surface area (Å²) in [4.78, 5) is 26.2. The fourth-order valence-electron chi connectivity index (χ4n) is 3.48. The number of carbonyl (C=O) groups excluding carboxylic acids is 2. The minimum Gasteiger partial charge on any atom is -0.465 e. The summed E-state index contributed by atoms with van der Waals surface area (Å²) in [7, 11) is 3.19. The predicted octanol–water partition coefficient (Wildman–Crippen LogP) is 3.95. The molecule has 0 fully saturated rings. The van der Waals surface area contributed by atoms with E-state index in [-0.39, 0.29) is 24.3 Å². The van der Waals surface area contributed by atoms with Crippen molar-refractivity contribution >= 4 is 11.9 Å². The molecule has 3 aromatic rings. The fraction of sp³-hybridized carbons (Fsp3) is 0.200. The Kier molecular flexibility index (Phi) is 7.51. The molecule has 3 aromatic carbocycles. The summed E-state index contributed by atoms with van der Waals surface area (Å²) in [5, 5.41) is 2.89. The highest BCUT2D eigenvalue weighted by Crippen LogP contribution is 2.27. The lowest BCUT2D eigenvalue weighted by molar-refractivity contribution is -0.122. The van der Waals surface area contributed by atoms with Crippen molar-refractivity contribution in [1.82, 2.24) is 10.2 Å². The van der Waals surface area contributed by atoms with E-state index in [0.29, 0.717) is 12.1 Å². The Balaban J connectivity index is 1.68. The van der Waals surface area contributed by atoms with E-state index in [2.05, 4.69) is 5.32 Å². The Hall–Kier alpha value is -3.51. The van der Waals surface area contributed by atoms with Crippen LogP contribution in [0.3, 0.4) is 0 Å². The van der Waals surface area contributed by atoms with E-state index in [1.54, 1.807) is 30.3 Å². The van der Waals surface area contributed by atoms with Gasteiger partial charge in [0.2, 0.25) is 5.91 Å². The molecule has 6 heteroatoms. The molecule has 0 saturated carbocycles. The van der Waals surface area contributed by atoms with E-state index >= 15 is 0 Å². The molecule has 0 spiro atoms. The highest BCUT2D eigenvalue weighted by Gasteiger charge is 2.21. The first-order chi connectivity index (χ1) is 15.0. The van der Waals surface area contributed by atoms with Crippen molar-refractivity contribution in [3.63, 3.8) is 0 Å². The van der Waals surface area contributed by atoms with Gasteiger partial charge in [-0.15, -0.1) is 0 Å². The Morgan fingerprint density at radius 3 is 2.32 bits per heavy atom. The third-order valence-electron chi connectivity index (χ3n) is 4.97. The van der Waals surface area contributed by atoms with Crippen molar-refractivity contribution in [1.29, 1.82) is 0 Å². The highest BCUT2D eigenvalue weighted by atomic mass is 19.1. The zero-order valence-electron chi connectivity index (χ0n) is 17.5. The van der Waals surface area contributed by atoms with Gasteiger partial charge >= 0.3 is 5.97 Å². The molecule has 0 aliphatic heterocycles. The van der Waals surface area contributed by atoms with Crippen LogP contribution in [-0.2, 0) is 16.1 Å². The summed E-state index contributed by atoms with van der Waals surface area (Å²) >= 11 is 0. The number of nitrogens with one attached hydrogen (secondary N) is 1. The monoisotopic (exact) mass is 420 g/mol. The standard InChI is InChI=1S/C25H25FN2O3/c1-28(17-23(29)27-16-18-7-6-10-21(15-18)25(30)31-2)24(19-8-4-3-5-9-19)20-11-13-22(26)14-12-20/h3-15,24H,16-17H2,1-2H3,(H,27,29). The second-order valence-electron chi connectivity index (χ2n) is 7.25. The zero-order chi connectivity index (χ0) is 22.2. The van der Waals surface area contributed by atoms with E-state index < -0.39 is 5.97 Å². The van der Waals surface area contributed by atoms with E-state index in [4.69, 9.17) is 4.74 Å². The number of amides is 1. The van der Waals surface area contributed by atoms with E-state index in [1.807, 2.05) is 48.3 Å². The van der Waals surface area contributed by atoms with Crippen LogP contribution in [0.15, 0.2) is 78.9 Å². The molecule has 1 N–H and O–H groups in total. The number of esters is 1. The molecule has 0 saturated heterocycles. The molecule has 31 heavy (non-hydrogen) atoms. The molecular formula is C25H25FN2O3. The fourth-order valence-corrected chi connectivity index (χ4v) is 3.48. The van der Waals surface area contributed by atoms with Gasteiger partial charge in [-0.05, 0) is 48.0 Å². The van der Waals surface area contributed by atoms with Crippen LogP contribution < -0.4 is 5.32 Å². The first-order valence-corrected chi connectivity index (χ1v) is 9.92. The molecule has 1 amide bonds. The smallest absolute Gasteiger partial charge is 0.337 e. The predicted molar refractivity (Wildman–Crippen MR) is 117 cm³/mol. The van der Waals surface area contributed by atoms with Crippen LogP contribution >= 0.6 is 0 Å². The lowest BCUT2D eigenvalue weighted by atomic mass is 9.97. The molecule has 160 valence electrons. The lowest BCUT2D eigenvalue weighted by Crippen LogP contribution is -2.37. The molecule has 5 nitrogen and oxygen atoms in total. The molecule has 0 radical (unpaired) electrons. The maximum Gasteiger partial charge on any atom is 0.337 e. The summed E-state index contributed by atoms with van der Waals surface area (Å²) in [6.07, 6.45) is 0. The van der Waals surface area contributed by atoms with Crippen molar-refractivity contribution in [2.75, 3.05) is 20.7 Å². The Morgan fingerprint density at radius 2 is 1.65 bits per heavy atom. The second kappa shape index (κ2) is 10.5. The molecular weight excluding hydrogens is 395 g/mol. The van der Waals surface area contributed by atoms with E-state index in [1.165, 1.54) is 19.2 Å². The van der Waals surface area contributed by atoms with E-state index in [0.717, 1.165) is 16.7 Å². The first-order valence-electron chi connectivity index (χ1n) is 9.92. The quantitative estimate of drug-likeness (QED) is 0.561. The summed E-state index contributed by atoms with van der Waals surface area (Å²) in [6.45, 7) is 0.442. The average molecular weight is 420 g/mol. The summed E-state index contributed by atoms with van der Waals surface area (Å²) < 4.78 is 18.2. The molecule has 0 aromatic heterocycles. The lowest BCUT2D eigenvalue weighted by Gasteiger charge is -2.28. The molecule has 1 atom stereocenters. The largest absolute Gasteiger partial charge is 0.465 e. The van der Waals surface area contributed by atoms with Gasteiger partial charge in [-0.2, -0.15) is 0 Å². The van der Waals surface area contributed by atoms with Gasteiger partial charge < -0.3 is 10.1 Å².